The van der Waals surface area contributed by atoms with Crippen LogP contribution < -0.4 is 0 Å². The number of ether oxygens (including phenoxy) is 1. The van der Waals surface area contributed by atoms with Crippen molar-refractivity contribution in [2.75, 3.05) is 7.11 Å². The molecule has 0 radical (unpaired) electrons. The molecule has 3 heteroatoms. The van der Waals surface area contributed by atoms with Gasteiger partial charge in [0.15, 0.2) is 0 Å². The fourth-order valence-electron chi connectivity index (χ4n) is 6.18. The van der Waals surface area contributed by atoms with Gasteiger partial charge in [0.05, 0.1) is 7.11 Å². The van der Waals surface area contributed by atoms with Crippen LogP contribution in [0.1, 0.15) is 90.9 Å². The molecule has 0 aromatic carbocycles. The Morgan fingerprint density at radius 1 is 0.923 bits per heavy atom. The van der Waals surface area contributed by atoms with Gasteiger partial charge in [0.25, 0.3) is 0 Å². The second-order valence-corrected chi connectivity index (χ2v) is 9.61. The molecule has 0 bridgehead atoms. The van der Waals surface area contributed by atoms with Gasteiger partial charge >= 0.3 is 5.97 Å². The van der Waals surface area contributed by atoms with Gasteiger partial charge in [-0.15, -0.1) is 0 Å². The largest absolute Gasteiger partial charge is 0.468 e. The van der Waals surface area contributed by atoms with Crippen LogP contribution in [0.15, 0.2) is 0 Å². The Labute approximate surface area is 159 Å². The Morgan fingerprint density at radius 3 is 1.88 bits per heavy atom. The molecule has 3 fully saturated rings. The third-order valence-electron chi connectivity index (χ3n) is 8.33. The summed E-state index contributed by atoms with van der Waals surface area (Å²) in [6.45, 7) is 4.12. The van der Waals surface area contributed by atoms with Crippen molar-refractivity contribution in [3.8, 4) is 0 Å². The van der Waals surface area contributed by atoms with Crippen molar-refractivity contribution >= 4 is 11.8 Å². The highest BCUT2D eigenvalue weighted by molar-refractivity contribution is 6.03. The standard InChI is InChI=1S/C23H38O3/c1-4-16-5-7-17(8-6-16)18-9-11-19(12-10-18)20-13-14-23(2,21(24)15-20)22(25)26-3/h16-20H,4-15H2,1-3H3/t16-,17-,18?,19?,20?,23-/m0/s1. The van der Waals surface area contributed by atoms with E-state index in [1.807, 2.05) is 0 Å². The van der Waals surface area contributed by atoms with E-state index >= 15 is 0 Å². The summed E-state index contributed by atoms with van der Waals surface area (Å²) < 4.78 is 4.88. The van der Waals surface area contributed by atoms with E-state index < -0.39 is 5.41 Å². The number of Topliss-reactive ketones (excluding diaryl/α,β-unsaturated/α-hetero) is 1. The fraction of sp³-hybridized carbons (Fsp3) is 0.913. The summed E-state index contributed by atoms with van der Waals surface area (Å²) in [6, 6.07) is 0. The van der Waals surface area contributed by atoms with Crippen LogP contribution in [0, 0.1) is 35.0 Å². The van der Waals surface area contributed by atoms with Crippen LogP contribution in [0.4, 0.5) is 0 Å². The number of carbonyl (C=O) groups excluding carboxylic acids is 2. The van der Waals surface area contributed by atoms with Gasteiger partial charge < -0.3 is 4.74 Å². The molecule has 3 rings (SSSR count). The van der Waals surface area contributed by atoms with Crippen LogP contribution in [0.3, 0.4) is 0 Å². The van der Waals surface area contributed by atoms with Crippen LogP contribution in [0.5, 0.6) is 0 Å². The Bertz CT molecular complexity index is 498. The van der Waals surface area contributed by atoms with Gasteiger partial charge in [-0.3, -0.25) is 9.59 Å². The molecule has 26 heavy (non-hydrogen) atoms. The van der Waals surface area contributed by atoms with Crippen LogP contribution in [0.2, 0.25) is 0 Å². The molecule has 3 saturated carbocycles. The van der Waals surface area contributed by atoms with Crippen LogP contribution >= 0.6 is 0 Å². The van der Waals surface area contributed by atoms with Gasteiger partial charge in [0.2, 0.25) is 0 Å². The van der Waals surface area contributed by atoms with Gasteiger partial charge in [0, 0.05) is 6.42 Å². The predicted molar refractivity (Wildman–Crippen MR) is 104 cm³/mol. The van der Waals surface area contributed by atoms with Crippen molar-refractivity contribution in [3.63, 3.8) is 0 Å². The van der Waals surface area contributed by atoms with Crippen LogP contribution in [-0.2, 0) is 14.3 Å². The molecule has 0 amide bonds. The van der Waals surface area contributed by atoms with Crippen molar-refractivity contribution in [1.82, 2.24) is 0 Å². The number of ketones is 1. The van der Waals surface area contributed by atoms with Crippen molar-refractivity contribution in [2.45, 2.75) is 90.9 Å². The van der Waals surface area contributed by atoms with E-state index in [0.29, 0.717) is 24.7 Å². The molecule has 0 aromatic rings. The van der Waals surface area contributed by atoms with E-state index in [9.17, 15) is 9.59 Å². The maximum absolute atomic E-state index is 12.6. The molecule has 0 heterocycles. The summed E-state index contributed by atoms with van der Waals surface area (Å²) >= 11 is 0. The molecule has 0 aliphatic heterocycles. The van der Waals surface area contributed by atoms with Crippen molar-refractivity contribution in [3.05, 3.63) is 0 Å². The molecule has 148 valence electrons. The second-order valence-electron chi connectivity index (χ2n) is 9.61. The summed E-state index contributed by atoms with van der Waals surface area (Å²) in [5, 5.41) is 0. The molecule has 0 aromatic heterocycles. The normalized spacial score (nSPS) is 41.7. The first-order valence-corrected chi connectivity index (χ1v) is 11.1. The van der Waals surface area contributed by atoms with Gasteiger partial charge in [-0.1, -0.05) is 26.2 Å². The zero-order valence-corrected chi connectivity index (χ0v) is 17.1. The predicted octanol–water partition coefficient (Wildman–Crippen LogP) is 5.56. The van der Waals surface area contributed by atoms with Crippen molar-refractivity contribution in [2.24, 2.45) is 35.0 Å². The second kappa shape index (κ2) is 8.44. The van der Waals surface area contributed by atoms with Crippen LogP contribution in [-0.4, -0.2) is 18.9 Å². The number of methoxy groups -OCH3 is 1. The quantitative estimate of drug-likeness (QED) is 0.486. The van der Waals surface area contributed by atoms with Crippen LogP contribution in [0.25, 0.3) is 0 Å². The molecule has 3 aliphatic carbocycles. The SMILES string of the molecule is CC[C@H]1CC[C@H](C2CCC(C3CC[C@](C)(C(=O)OC)C(=O)C3)CC2)CC1. The van der Waals surface area contributed by atoms with E-state index in [0.717, 1.165) is 24.2 Å². The minimum Gasteiger partial charge on any atom is -0.468 e. The maximum atomic E-state index is 12.6. The lowest BCUT2D eigenvalue weighted by Gasteiger charge is -2.42. The lowest BCUT2D eigenvalue weighted by molar-refractivity contribution is -0.160. The first-order valence-electron chi connectivity index (χ1n) is 11.1. The first-order chi connectivity index (χ1) is 12.5. The zero-order chi connectivity index (χ0) is 18.7. The summed E-state index contributed by atoms with van der Waals surface area (Å²) in [4.78, 5) is 24.6. The number of carbonyl (C=O) groups is 2. The number of hydrogen-bond donors (Lipinski definition) is 0. The Kier molecular flexibility index (Phi) is 6.45. The number of rotatable bonds is 4. The number of esters is 1. The zero-order valence-electron chi connectivity index (χ0n) is 17.1. The monoisotopic (exact) mass is 362 g/mol. The van der Waals surface area contributed by atoms with Gasteiger partial charge in [-0.2, -0.15) is 0 Å². The molecular weight excluding hydrogens is 324 g/mol. The highest BCUT2D eigenvalue weighted by Crippen LogP contribution is 2.47. The van der Waals surface area contributed by atoms with Gasteiger partial charge in [0.1, 0.15) is 11.2 Å². The summed E-state index contributed by atoms with van der Waals surface area (Å²) in [5.74, 6) is 3.85. The minimum atomic E-state index is -0.889. The first kappa shape index (κ1) is 19.9. The minimum absolute atomic E-state index is 0.112. The van der Waals surface area contributed by atoms with Crippen molar-refractivity contribution in [1.29, 1.82) is 0 Å². The molecule has 0 saturated heterocycles. The smallest absolute Gasteiger partial charge is 0.319 e. The van der Waals surface area contributed by atoms with Gasteiger partial charge in [-0.25, -0.2) is 0 Å². The Hall–Kier alpha value is -0.860. The highest BCUT2D eigenvalue weighted by atomic mass is 16.5. The molecular formula is C23H38O3. The lowest BCUT2D eigenvalue weighted by atomic mass is 9.62. The van der Waals surface area contributed by atoms with E-state index in [1.165, 1.54) is 64.9 Å². The molecule has 0 N–H and O–H groups in total. The van der Waals surface area contributed by atoms with Crippen molar-refractivity contribution < 1.29 is 14.3 Å². The van der Waals surface area contributed by atoms with E-state index in [4.69, 9.17) is 4.74 Å². The summed E-state index contributed by atoms with van der Waals surface area (Å²) in [5.41, 5.74) is -0.889. The lowest BCUT2D eigenvalue weighted by Crippen LogP contribution is -2.43. The highest BCUT2D eigenvalue weighted by Gasteiger charge is 2.47. The van der Waals surface area contributed by atoms with E-state index in [2.05, 4.69) is 6.92 Å². The molecule has 1 unspecified atom stereocenters. The average molecular weight is 363 g/mol. The Balaban J connectivity index is 1.47. The molecule has 3 nitrogen and oxygen atoms in total. The fourth-order valence-corrected chi connectivity index (χ4v) is 6.18. The van der Waals surface area contributed by atoms with E-state index in [-0.39, 0.29) is 11.8 Å². The summed E-state index contributed by atoms with van der Waals surface area (Å²) in [6.07, 6.45) is 14.8. The number of hydrogen-bond acceptors (Lipinski definition) is 3. The van der Waals surface area contributed by atoms with E-state index in [1.54, 1.807) is 6.92 Å². The maximum Gasteiger partial charge on any atom is 0.319 e. The average Bonchev–Trinajstić information content (AvgIpc) is 2.69. The molecule has 0 spiro atoms. The van der Waals surface area contributed by atoms with Gasteiger partial charge in [-0.05, 0) is 87.9 Å². The third-order valence-corrected chi connectivity index (χ3v) is 8.33. The third kappa shape index (κ3) is 4.02. The topological polar surface area (TPSA) is 43.4 Å². The molecule has 2 atom stereocenters. The summed E-state index contributed by atoms with van der Waals surface area (Å²) in [7, 11) is 1.39. The Morgan fingerprint density at radius 2 is 1.42 bits per heavy atom. The molecule has 3 aliphatic rings.